The van der Waals surface area contributed by atoms with Gasteiger partial charge in [-0.25, -0.2) is 0 Å². The van der Waals surface area contributed by atoms with Crippen molar-refractivity contribution in [3.8, 4) is 0 Å². The first-order chi connectivity index (χ1) is 7.63. The average molecular weight is 243 g/mol. The maximum absolute atomic E-state index is 11.5. The van der Waals surface area contributed by atoms with Gasteiger partial charge in [0.1, 0.15) is 0 Å². The van der Waals surface area contributed by atoms with E-state index in [9.17, 15) is 9.59 Å². The van der Waals surface area contributed by atoms with Gasteiger partial charge in [0.05, 0.1) is 6.04 Å². The Labute approximate surface area is 104 Å². The highest BCUT2D eigenvalue weighted by Crippen LogP contribution is 1.99. The molecule has 2 amide bonds. The van der Waals surface area contributed by atoms with Gasteiger partial charge in [-0.3, -0.25) is 9.59 Å². The molecular formula is C12H25N3O2. The molecule has 5 nitrogen and oxygen atoms in total. The molecule has 0 aliphatic heterocycles. The van der Waals surface area contributed by atoms with Gasteiger partial charge < -0.3 is 16.4 Å². The molecule has 0 heterocycles. The number of hydrogen-bond donors (Lipinski definition) is 3. The molecule has 1 unspecified atom stereocenters. The SMILES string of the molecule is CC(C)C(N)C(=O)NCCC(=O)NC(C)(C)C. The third-order valence-electron chi connectivity index (χ3n) is 2.19. The quantitative estimate of drug-likeness (QED) is 0.653. The average Bonchev–Trinajstić information content (AvgIpc) is 2.13. The monoisotopic (exact) mass is 243 g/mol. The van der Waals surface area contributed by atoms with E-state index in [0.29, 0.717) is 6.54 Å². The van der Waals surface area contributed by atoms with Crippen LogP contribution in [0.3, 0.4) is 0 Å². The molecule has 17 heavy (non-hydrogen) atoms. The standard InChI is InChI=1S/C12H25N3O2/c1-8(2)10(13)11(17)14-7-6-9(16)15-12(3,4)5/h8,10H,6-7,13H2,1-5H3,(H,14,17)(H,15,16). The van der Waals surface area contributed by atoms with Gasteiger partial charge in [0.15, 0.2) is 0 Å². The van der Waals surface area contributed by atoms with Crippen LogP contribution in [0.2, 0.25) is 0 Å². The Kier molecular flexibility index (Phi) is 6.16. The fourth-order valence-electron chi connectivity index (χ4n) is 1.20. The largest absolute Gasteiger partial charge is 0.354 e. The highest BCUT2D eigenvalue weighted by Gasteiger charge is 2.17. The lowest BCUT2D eigenvalue weighted by molar-refractivity contribution is -0.124. The van der Waals surface area contributed by atoms with E-state index in [2.05, 4.69) is 10.6 Å². The molecule has 5 heteroatoms. The summed E-state index contributed by atoms with van der Waals surface area (Å²) in [7, 11) is 0. The molecule has 0 saturated carbocycles. The van der Waals surface area contributed by atoms with Crippen molar-refractivity contribution in [2.75, 3.05) is 6.54 Å². The van der Waals surface area contributed by atoms with E-state index in [1.807, 2.05) is 34.6 Å². The van der Waals surface area contributed by atoms with Crippen LogP contribution >= 0.6 is 0 Å². The maximum Gasteiger partial charge on any atom is 0.237 e. The number of nitrogens with two attached hydrogens (primary N) is 1. The summed E-state index contributed by atoms with van der Waals surface area (Å²) >= 11 is 0. The number of carbonyl (C=O) groups is 2. The predicted octanol–water partition coefficient (Wildman–Crippen LogP) is 0.391. The van der Waals surface area contributed by atoms with E-state index in [-0.39, 0.29) is 29.7 Å². The molecule has 0 saturated heterocycles. The number of carbonyl (C=O) groups excluding carboxylic acids is 2. The minimum absolute atomic E-state index is 0.0732. The Morgan fingerprint density at radius 3 is 2.18 bits per heavy atom. The van der Waals surface area contributed by atoms with E-state index in [0.717, 1.165) is 0 Å². The highest BCUT2D eigenvalue weighted by molar-refractivity contribution is 5.82. The molecule has 4 N–H and O–H groups in total. The lowest BCUT2D eigenvalue weighted by Crippen LogP contribution is -2.46. The summed E-state index contributed by atoms with van der Waals surface area (Å²) in [6.07, 6.45) is 0.272. The number of hydrogen-bond acceptors (Lipinski definition) is 3. The molecule has 0 bridgehead atoms. The van der Waals surface area contributed by atoms with Crippen LogP contribution < -0.4 is 16.4 Å². The zero-order chi connectivity index (χ0) is 13.6. The molecule has 0 rings (SSSR count). The van der Waals surface area contributed by atoms with E-state index in [1.165, 1.54) is 0 Å². The normalized spacial score (nSPS) is 13.4. The highest BCUT2D eigenvalue weighted by atomic mass is 16.2. The van der Waals surface area contributed by atoms with Crippen LogP contribution in [0.15, 0.2) is 0 Å². The van der Waals surface area contributed by atoms with E-state index in [1.54, 1.807) is 0 Å². The fourth-order valence-corrected chi connectivity index (χ4v) is 1.20. The Bertz CT molecular complexity index is 269. The summed E-state index contributed by atoms with van der Waals surface area (Å²) in [4.78, 5) is 22.9. The van der Waals surface area contributed by atoms with Gasteiger partial charge in [-0.2, -0.15) is 0 Å². The minimum atomic E-state index is -0.513. The van der Waals surface area contributed by atoms with Crippen molar-refractivity contribution in [3.63, 3.8) is 0 Å². The van der Waals surface area contributed by atoms with E-state index < -0.39 is 6.04 Å². The first kappa shape index (κ1) is 15.9. The molecule has 0 radical (unpaired) electrons. The zero-order valence-corrected chi connectivity index (χ0v) is 11.5. The third kappa shape index (κ3) is 7.74. The molecular weight excluding hydrogens is 218 g/mol. The first-order valence-corrected chi connectivity index (χ1v) is 5.98. The van der Waals surface area contributed by atoms with Crippen LogP contribution in [0, 0.1) is 5.92 Å². The predicted molar refractivity (Wildman–Crippen MR) is 68.3 cm³/mol. The van der Waals surface area contributed by atoms with Crippen LogP contribution in [0.1, 0.15) is 41.0 Å². The second kappa shape index (κ2) is 6.59. The van der Waals surface area contributed by atoms with E-state index >= 15 is 0 Å². The summed E-state index contributed by atoms with van der Waals surface area (Å²) in [6.45, 7) is 9.84. The first-order valence-electron chi connectivity index (χ1n) is 5.98. The van der Waals surface area contributed by atoms with Gasteiger partial charge in [0.25, 0.3) is 0 Å². The zero-order valence-electron chi connectivity index (χ0n) is 11.5. The lowest BCUT2D eigenvalue weighted by Gasteiger charge is -2.20. The van der Waals surface area contributed by atoms with Crippen molar-refractivity contribution in [2.24, 2.45) is 11.7 Å². The van der Waals surface area contributed by atoms with Gasteiger partial charge >= 0.3 is 0 Å². The van der Waals surface area contributed by atoms with E-state index in [4.69, 9.17) is 5.73 Å². The number of rotatable bonds is 5. The topological polar surface area (TPSA) is 84.2 Å². The van der Waals surface area contributed by atoms with Crippen molar-refractivity contribution in [3.05, 3.63) is 0 Å². The number of nitrogens with one attached hydrogen (secondary N) is 2. The molecule has 0 fully saturated rings. The molecule has 0 aromatic heterocycles. The second-order valence-electron chi connectivity index (χ2n) is 5.61. The Morgan fingerprint density at radius 1 is 1.24 bits per heavy atom. The molecule has 0 aliphatic carbocycles. The van der Waals surface area contributed by atoms with Crippen LogP contribution in [-0.4, -0.2) is 29.9 Å². The maximum atomic E-state index is 11.5. The summed E-state index contributed by atoms with van der Waals surface area (Å²) in [5.41, 5.74) is 5.43. The van der Waals surface area contributed by atoms with Crippen LogP contribution in [0.25, 0.3) is 0 Å². The van der Waals surface area contributed by atoms with Gasteiger partial charge in [-0.1, -0.05) is 13.8 Å². The van der Waals surface area contributed by atoms with Crippen LogP contribution in [-0.2, 0) is 9.59 Å². The molecule has 0 aromatic rings. The van der Waals surface area contributed by atoms with Crippen LogP contribution in [0.5, 0.6) is 0 Å². The Morgan fingerprint density at radius 2 is 1.76 bits per heavy atom. The van der Waals surface area contributed by atoms with Gasteiger partial charge in [-0.05, 0) is 26.7 Å². The Hall–Kier alpha value is -1.10. The minimum Gasteiger partial charge on any atom is -0.354 e. The Balaban J connectivity index is 3.85. The van der Waals surface area contributed by atoms with Crippen molar-refractivity contribution in [1.82, 2.24) is 10.6 Å². The molecule has 0 aromatic carbocycles. The lowest BCUT2D eigenvalue weighted by atomic mass is 10.1. The summed E-state index contributed by atoms with van der Waals surface area (Å²) in [6, 6.07) is -0.513. The summed E-state index contributed by atoms with van der Waals surface area (Å²) < 4.78 is 0. The third-order valence-corrected chi connectivity index (χ3v) is 2.19. The molecule has 1 atom stereocenters. The van der Waals surface area contributed by atoms with Gasteiger partial charge in [-0.15, -0.1) is 0 Å². The smallest absolute Gasteiger partial charge is 0.237 e. The molecule has 0 aliphatic rings. The molecule has 0 spiro atoms. The van der Waals surface area contributed by atoms with Crippen molar-refractivity contribution in [1.29, 1.82) is 0 Å². The van der Waals surface area contributed by atoms with Crippen molar-refractivity contribution < 1.29 is 9.59 Å². The van der Waals surface area contributed by atoms with Crippen molar-refractivity contribution in [2.45, 2.75) is 52.6 Å². The van der Waals surface area contributed by atoms with Gasteiger partial charge in [0.2, 0.25) is 11.8 Å². The molecule has 100 valence electrons. The fraction of sp³-hybridized carbons (Fsp3) is 0.833. The van der Waals surface area contributed by atoms with Crippen molar-refractivity contribution >= 4 is 11.8 Å². The van der Waals surface area contributed by atoms with Crippen LogP contribution in [0.4, 0.5) is 0 Å². The summed E-state index contributed by atoms with van der Waals surface area (Å²) in [5, 5.41) is 5.48. The second-order valence-corrected chi connectivity index (χ2v) is 5.61. The van der Waals surface area contributed by atoms with Gasteiger partial charge in [0, 0.05) is 18.5 Å². The number of amides is 2. The summed E-state index contributed by atoms with van der Waals surface area (Å²) in [5.74, 6) is -0.183.